The molecule has 1 aliphatic rings. The maximum atomic E-state index is 14.2. The number of rotatable bonds is 4. The molecule has 0 aliphatic carbocycles. The number of hydrogen-bond donors (Lipinski definition) is 0. The van der Waals surface area contributed by atoms with Crippen molar-refractivity contribution in [3.8, 4) is 0 Å². The molecule has 0 atom stereocenters. The Kier molecular flexibility index (Phi) is 4.58. The SMILES string of the molecule is C=CC1(c2ccc(F)cc2F)CCN(Cc2ccccc2)CC1. The molecule has 1 nitrogen and oxygen atoms in total. The van der Waals surface area contributed by atoms with E-state index < -0.39 is 17.0 Å². The second-order valence-corrected chi connectivity index (χ2v) is 6.25. The molecule has 0 bridgehead atoms. The molecule has 0 saturated carbocycles. The summed E-state index contributed by atoms with van der Waals surface area (Å²) in [4.78, 5) is 2.37. The van der Waals surface area contributed by atoms with Crippen LogP contribution in [0.3, 0.4) is 0 Å². The van der Waals surface area contributed by atoms with Crippen LogP contribution in [0.1, 0.15) is 24.0 Å². The highest BCUT2D eigenvalue weighted by atomic mass is 19.1. The predicted molar refractivity (Wildman–Crippen MR) is 89.2 cm³/mol. The number of allylic oxidation sites excluding steroid dienone is 1. The van der Waals surface area contributed by atoms with E-state index in [1.54, 1.807) is 6.07 Å². The zero-order valence-corrected chi connectivity index (χ0v) is 13.1. The lowest BCUT2D eigenvalue weighted by molar-refractivity contribution is 0.174. The molecule has 2 aromatic rings. The van der Waals surface area contributed by atoms with Crippen LogP contribution < -0.4 is 0 Å². The Morgan fingerprint density at radius 2 is 1.74 bits per heavy atom. The zero-order valence-electron chi connectivity index (χ0n) is 13.1. The molecule has 3 rings (SSSR count). The van der Waals surface area contributed by atoms with Crippen molar-refractivity contribution in [2.45, 2.75) is 24.8 Å². The molecule has 120 valence electrons. The molecule has 0 N–H and O–H groups in total. The molecular formula is C20H21F2N. The van der Waals surface area contributed by atoms with Crippen molar-refractivity contribution in [2.75, 3.05) is 13.1 Å². The van der Waals surface area contributed by atoms with E-state index in [4.69, 9.17) is 0 Å². The highest BCUT2D eigenvalue weighted by Gasteiger charge is 2.35. The number of likely N-dealkylation sites (tertiary alicyclic amines) is 1. The summed E-state index contributed by atoms with van der Waals surface area (Å²) in [6, 6.07) is 14.2. The highest BCUT2D eigenvalue weighted by molar-refractivity contribution is 5.33. The van der Waals surface area contributed by atoms with Gasteiger partial charge in [-0.15, -0.1) is 6.58 Å². The Morgan fingerprint density at radius 1 is 1.04 bits per heavy atom. The van der Waals surface area contributed by atoms with Crippen LogP contribution in [0.25, 0.3) is 0 Å². The second-order valence-electron chi connectivity index (χ2n) is 6.25. The van der Waals surface area contributed by atoms with Crippen LogP contribution in [0, 0.1) is 11.6 Å². The van der Waals surface area contributed by atoms with Gasteiger partial charge in [-0.25, -0.2) is 8.78 Å². The van der Waals surface area contributed by atoms with E-state index in [1.807, 2.05) is 24.3 Å². The molecule has 2 aromatic carbocycles. The van der Waals surface area contributed by atoms with Crippen molar-refractivity contribution >= 4 is 0 Å². The van der Waals surface area contributed by atoms with Crippen molar-refractivity contribution < 1.29 is 8.78 Å². The monoisotopic (exact) mass is 313 g/mol. The van der Waals surface area contributed by atoms with E-state index in [2.05, 4.69) is 23.6 Å². The Hall–Kier alpha value is -2.00. The van der Waals surface area contributed by atoms with Crippen LogP contribution in [0.15, 0.2) is 61.2 Å². The average molecular weight is 313 g/mol. The smallest absolute Gasteiger partial charge is 0.130 e. The van der Waals surface area contributed by atoms with Gasteiger partial charge in [0.2, 0.25) is 0 Å². The largest absolute Gasteiger partial charge is 0.299 e. The summed E-state index contributed by atoms with van der Waals surface area (Å²) >= 11 is 0. The fraction of sp³-hybridized carbons (Fsp3) is 0.300. The highest BCUT2D eigenvalue weighted by Crippen LogP contribution is 2.38. The van der Waals surface area contributed by atoms with Gasteiger partial charge >= 0.3 is 0 Å². The number of hydrogen-bond acceptors (Lipinski definition) is 1. The van der Waals surface area contributed by atoms with Crippen LogP contribution in [-0.4, -0.2) is 18.0 Å². The van der Waals surface area contributed by atoms with E-state index in [9.17, 15) is 8.78 Å². The van der Waals surface area contributed by atoms with Crippen LogP contribution in [0.5, 0.6) is 0 Å². The minimum atomic E-state index is -0.535. The van der Waals surface area contributed by atoms with Gasteiger partial charge < -0.3 is 0 Å². The molecule has 1 saturated heterocycles. The first kappa shape index (κ1) is 15.9. The van der Waals surface area contributed by atoms with Gasteiger partial charge in [-0.05, 0) is 43.1 Å². The van der Waals surface area contributed by atoms with Gasteiger partial charge in [0.05, 0.1) is 0 Å². The average Bonchev–Trinajstić information content (AvgIpc) is 2.57. The van der Waals surface area contributed by atoms with Crippen molar-refractivity contribution in [3.63, 3.8) is 0 Å². The van der Waals surface area contributed by atoms with Gasteiger partial charge in [-0.3, -0.25) is 4.90 Å². The summed E-state index contributed by atoms with van der Waals surface area (Å²) in [7, 11) is 0. The molecule has 23 heavy (non-hydrogen) atoms. The van der Waals surface area contributed by atoms with Gasteiger partial charge in [0, 0.05) is 18.0 Å². The maximum Gasteiger partial charge on any atom is 0.130 e. The topological polar surface area (TPSA) is 3.24 Å². The van der Waals surface area contributed by atoms with E-state index in [0.29, 0.717) is 5.56 Å². The molecule has 0 amide bonds. The Labute approximate surface area is 136 Å². The lowest BCUT2D eigenvalue weighted by Gasteiger charge is -2.40. The van der Waals surface area contributed by atoms with Crippen LogP contribution in [-0.2, 0) is 12.0 Å². The quantitative estimate of drug-likeness (QED) is 0.741. The van der Waals surface area contributed by atoms with Crippen molar-refractivity contribution in [1.82, 2.24) is 4.90 Å². The van der Waals surface area contributed by atoms with Gasteiger partial charge in [0.15, 0.2) is 0 Å². The summed E-state index contributed by atoms with van der Waals surface area (Å²) in [5.74, 6) is -1.01. The molecule has 3 heteroatoms. The molecule has 0 unspecified atom stereocenters. The number of halogens is 2. The second kappa shape index (κ2) is 6.63. The maximum absolute atomic E-state index is 14.2. The number of piperidine rings is 1. The van der Waals surface area contributed by atoms with Gasteiger partial charge in [0.1, 0.15) is 11.6 Å². The summed E-state index contributed by atoms with van der Waals surface area (Å²) in [6.45, 7) is 6.57. The molecule has 1 aliphatic heterocycles. The van der Waals surface area contributed by atoms with E-state index in [1.165, 1.54) is 11.6 Å². The van der Waals surface area contributed by atoms with Gasteiger partial charge in [-0.2, -0.15) is 0 Å². The fourth-order valence-electron chi connectivity index (χ4n) is 3.43. The van der Waals surface area contributed by atoms with E-state index in [0.717, 1.165) is 38.5 Å². The Morgan fingerprint density at radius 3 is 2.35 bits per heavy atom. The van der Waals surface area contributed by atoms with E-state index in [-0.39, 0.29) is 0 Å². The normalized spacial score (nSPS) is 17.8. The molecule has 0 radical (unpaired) electrons. The summed E-state index contributed by atoms with van der Waals surface area (Å²) < 4.78 is 27.4. The number of benzene rings is 2. The van der Waals surface area contributed by atoms with Crippen LogP contribution in [0.2, 0.25) is 0 Å². The third kappa shape index (κ3) is 3.35. The Balaban J connectivity index is 1.73. The minimum absolute atomic E-state index is 0.398. The van der Waals surface area contributed by atoms with Gasteiger partial charge in [0.25, 0.3) is 0 Å². The molecule has 0 aromatic heterocycles. The molecule has 0 spiro atoms. The van der Waals surface area contributed by atoms with Crippen LogP contribution >= 0.6 is 0 Å². The van der Waals surface area contributed by atoms with Crippen molar-refractivity contribution in [2.24, 2.45) is 0 Å². The number of nitrogens with zero attached hydrogens (tertiary/aromatic N) is 1. The zero-order chi connectivity index (χ0) is 16.3. The summed E-state index contributed by atoms with van der Waals surface area (Å²) in [5, 5.41) is 0. The first-order valence-electron chi connectivity index (χ1n) is 7.98. The molecule has 1 fully saturated rings. The van der Waals surface area contributed by atoms with Crippen LogP contribution in [0.4, 0.5) is 8.78 Å². The molecular weight excluding hydrogens is 292 g/mol. The lowest BCUT2D eigenvalue weighted by atomic mass is 9.72. The third-order valence-electron chi connectivity index (χ3n) is 4.86. The standard InChI is InChI=1S/C20H21F2N/c1-2-20(18-9-8-17(21)14-19(18)22)10-12-23(13-11-20)15-16-6-4-3-5-7-16/h2-9,14H,1,10-13,15H2. The fourth-order valence-corrected chi connectivity index (χ4v) is 3.43. The lowest BCUT2D eigenvalue weighted by Crippen LogP contribution is -2.41. The molecule has 1 heterocycles. The Bertz CT molecular complexity index is 673. The minimum Gasteiger partial charge on any atom is -0.299 e. The van der Waals surface area contributed by atoms with Crippen molar-refractivity contribution in [3.05, 3.63) is 83.9 Å². The summed E-state index contributed by atoms with van der Waals surface area (Å²) in [6.07, 6.45) is 3.43. The predicted octanol–water partition coefficient (Wildman–Crippen LogP) is 4.68. The summed E-state index contributed by atoms with van der Waals surface area (Å²) in [5.41, 5.74) is 1.45. The van der Waals surface area contributed by atoms with E-state index >= 15 is 0 Å². The van der Waals surface area contributed by atoms with Gasteiger partial charge in [-0.1, -0.05) is 42.5 Å². The third-order valence-corrected chi connectivity index (χ3v) is 4.86. The first-order valence-corrected chi connectivity index (χ1v) is 7.98. The van der Waals surface area contributed by atoms with Crippen molar-refractivity contribution in [1.29, 1.82) is 0 Å². The first-order chi connectivity index (χ1) is 11.1.